The lowest BCUT2D eigenvalue weighted by Crippen LogP contribution is -2.55. The van der Waals surface area contributed by atoms with E-state index in [1.165, 1.54) is 0 Å². The average Bonchev–Trinajstić information content (AvgIpc) is 2.87. The Hall–Kier alpha value is -0.940. The van der Waals surface area contributed by atoms with E-state index >= 15 is 0 Å². The lowest BCUT2D eigenvalue weighted by molar-refractivity contribution is -0.0204. The van der Waals surface area contributed by atoms with Crippen LogP contribution in [0.2, 0.25) is 0 Å². The quantitative estimate of drug-likeness (QED) is 0.753. The molecule has 1 N–H and O–H groups in total. The van der Waals surface area contributed by atoms with Crippen LogP contribution in [0, 0.1) is 0 Å². The number of aliphatic hydroxyl groups is 1. The van der Waals surface area contributed by atoms with Crippen molar-refractivity contribution < 1.29 is 5.11 Å². The fraction of sp³-hybridized carbons (Fsp3) is 0.867. The van der Waals surface area contributed by atoms with E-state index in [2.05, 4.69) is 49.6 Å². The Bertz CT molecular complexity index is 389. The normalized spacial score (nSPS) is 16.4. The van der Waals surface area contributed by atoms with Gasteiger partial charge in [-0.25, -0.2) is 4.98 Å². The van der Waals surface area contributed by atoms with E-state index in [0.717, 1.165) is 38.3 Å². The van der Waals surface area contributed by atoms with Gasteiger partial charge >= 0.3 is 0 Å². The lowest BCUT2D eigenvalue weighted by Gasteiger charge is -2.43. The van der Waals surface area contributed by atoms with Crippen molar-refractivity contribution in [3.05, 3.63) is 12.2 Å². The molecular formula is C15H30N4O. The minimum atomic E-state index is -0.438. The van der Waals surface area contributed by atoms with Crippen molar-refractivity contribution >= 4 is 0 Å². The third-order valence-corrected chi connectivity index (χ3v) is 4.43. The highest BCUT2D eigenvalue weighted by atomic mass is 16.3. The van der Waals surface area contributed by atoms with Gasteiger partial charge < -0.3 is 5.11 Å². The first-order valence-electron chi connectivity index (χ1n) is 7.83. The molecule has 0 aliphatic rings. The largest absolute Gasteiger partial charge is 0.391 e. The van der Waals surface area contributed by atoms with Gasteiger partial charge in [0.1, 0.15) is 12.2 Å². The Labute approximate surface area is 123 Å². The van der Waals surface area contributed by atoms with Gasteiger partial charge in [-0.15, -0.1) is 0 Å². The Morgan fingerprint density at radius 3 is 2.45 bits per heavy atom. The van der Waals surface area contributed by atoms with Gasteiger partial charge in [0.15, 0.2) is 0 Å². The first-order chi connectivity index (χ1) is 9.53. The number of hydrogen-bond acceptors (Lipinski definition) is 4. The average molecular weight is 282 g/mol. The Morgan fingerprint density at radius 1 is 1.30 bits per heavy atom. The number of likely N-dealkylation sites (N-methyl/N-ethyl adjacent to an activating group) is 1. The van der Waals surface area contributed by atoms with Crippen molar-refractivity contribution in [2.24, 2.45) is 0 Å². The first kappa shape index (κ1) is 17.1. The molecule has 5 heteroatoms. The molecule has 5 nitrogen and oxygen atoms in total. The lowest BCUT2D eigenvalue weighted by atomic mass is 9.87. The molecule has 1 aromatic heterocycles. The van der Waals surface area contributed by atoms with E-state index < -0.39 is 6.10 Å². The monoisotopic (exact) mass is 282 g/mol. The zero-order valence-electron chi connectivity index (χ0n) is 13.6. The van der Waals surface area contributed by atoms with Gasteiger partial charge in [0.05, 0.1) is 6.10 Å². The molecule has 2 unspecified atom stereocenters. The van der Waals surface area contributed by atoms with Crippen LogP contribution in [0.3, 0.4) is 0 Å². The Balaban J connectivity index is 2.86. The van der Waals surface area contributed by atoms with Crippen LogP contribution >= 0.6 is 0 Å². The van der Waals surface area contributed by atoms with Gasteiger partial charge in [0.2, 0.25) is 0 Å². The molecule has 0 radical (unpaired) electrons. The van der Waals surface area contributed by atoms with E-state index in [0.29, 0.717) is 6.42 Å². The van der Waals surface area contributed by atoms with E-state index in [-0.39, 0.29) is 5.54 Å². The number of hydrogen-bond donors (Lipinski definition) is 1. The SMILES string of the molecule is CCCn1ncnc1CC(O)C(C)(CC)N(CC)CC. The van der Waals surface area contributed by atoms with E-state index in [4.69, 9.17) is 0 Å². The standard InChI is InChI=1S/C15H30N4O/c1-6-10-19-14(16-12-17-19)11-13(20)15(5,7-2)18(8-3)9-4/h12-13,20H,6-11H2,1-5H3. The number of aryl methyl sites for hydroxylation is 1. The molecule has 0 saturated carbocycles. The van der Waals surface area contributed by atoms with Gasteiger partial charge in [-0.05, 0) is 32.9 Å². The van der Waals surface area contributed by atoms with Crippen molar-refractivity contribution in [2.45, 2.75) is 72.1 Å². The predicted molar refractivity (Wildman–Crippen MR) is 81.6 cm³/mol. The maximum atomic E-state index is 10.7. The maximum absolute atomic E-state index is 10.7. The van der Waals surface area contributed by atoms with Gasteiger partial charge in [-0.3, -0.25) is 9.58 Å². The number of rotatable bonds is 9. The maximum Gasteiger partial charge on any atom is 0.138 e. The van der Waals surface area contributed by atoms with Crippen LogP contribution in [0.1, 0.15) is 53.3 Å². The summed E-state index contributed by atoms with van der Waals surface area (Å²) < 4.78 is 1.90. The summed E-state index contributed by atoms with van der Waals surface area (Å²) in [6, 6.07) is 0. The third kappa shape index (κ3) is 3.58. The smallest absolute Gasteiger partial charge is 0.138 e. The molecule has 1 aromatic rings. The molecule has 1 heterocycles. The molecule has 0 fully saturated rings. The molecule has 0 bridgehead atoms. The van der Waals surface area contributed by atoms with Crippen molar-refractivity contribution in [3.8, 4) is 0 Å². The van der Waals surface area contributed by atoms with Gasteiger partial charge in [0, 0.05) is 18.5 Å². The van der Waals surface area contributed by atoms with E-state index in [1.54, 1.807) is 6.33 Å². The van der Waals surface area contributed by atoms with Crippen LogP contribution < -0.4 is 0 Å². The molecular weight excluding hydrogens is 252 g/mol. The Kier molecular flexibility index (Phi) is 6.62. The summed E-state index contributed by atoms with van der Waals surface area (Å²) in [5.41, 5.74) is -0.216. The topological polar surface area (TPSA) is 54.2 Å². The van der Waals surface area contributed by atoms with Crippen LogP contribution in [-0.4, -0.2) is 49.5 Å². The third-order valence-electron chi connectivity index (χ3n) is 4.43. The van der Waals surface area contributed by atoms with E-state index in [9.17, 15) is 5.11 Å². The minimum Gasteiger partial charge on any atom is -0.391 e. The zero-order valence-corrected chi connectivity index (χ0v) is 13.6. The molecule has 116 valence electrons. The summed E-state index contributed by atoms with van der Waals surface area (Å²) in [7, 11) is 0. The van der Waals surface area contributed by atoms with Crippen LogP contribution in [0.25, 0.3) is 0 Å². The number of aliphatic hydroxyl groups excluding tert-OH is 1. The predicted octanol–water partition coefficient (Wildman–Crippen LogP) is 2.10. The number of aromatic nitrogens is 3. The van der Waals surface area contributed by atoms with E-state index in [1.807, 2.05) is 4.68 Å². The second-order valence-corrected chi connectivity index (χ2v) is 5.50. The van der Waals surface area contributed by atoms with Gasteiger partial charge in [-0.1, -0.05) is 27.7 Å². The van der Waals surface area contributed by atoms with Crippen LogP contribution in [0.5, 0.6) is 0 Å². The molecule has 0 aliphatic carbocycles. The summed E-state index contributed by atoms with van der Waals surface area (Å²) in [6.45, 7) is 13.4. The van der Waals surface area contributed by atoms with Crippen LogP contribution in [0.15, 0.2) is 6.33 Å². The summed E-state index contributed by atoms with van der Waals surface area (Å²) >= 11 is 0. The van der Waals surface area contributed by atoms with Crippen molar-refractivity contribution in [1.82, 2.24) is 19.7 Å². The molecule has 1 rings (SSSR count). The summed E-state index contributed by atoms with van der Waals surface area (Å²) in [5.74, 6) is 0.881. The highest BCUT2D eigenvalue weighted by Gasteiger charge is 2.36. The number of nitrogens with zero attached hydrogens (tertiary/aromatic N) is 4. The zero-order chi connectivity index (χ0) is 15.2. The highest BCUT2D eigenvalue weighted by molar-refractivity contribution is 4.98. The molecule has 0 spiro atoms. The van der Waals surface area contributed by atoms with Crippen molar-refractivity contribution in [1.29, 1.82) is 0 Å². The first-order valence-corrected chi connectivity index (χ1v) is 7.83. The second-order valence-electron chi connectivity index (χ2n) is 5.50. The van der Waals surface area contributed by atoms with Gasteiger partial charge in [0.25, 0.3) is 0 Å². The minimum absolute atomic E-state index is 0.216. The molecule has 0 aliphatic heterocycles. The second kappa shape index (κ2) is 7.74. The molecule has 2 atom stereocenters. The fourth-order valence-corrected chi connectivity index (χ4v) is 2.85. The molecule has 0 amide bonds. The molecule has 20 heavy (non-hydrogen) atoms. The van der Waals surface area contributed by atoms with Crippen LogP contribution in [0.4, 0.5) is 0 Å². The summed E-state index contributed by atoms with van der Waals surface area (Å²) in [6.07, 6.45) is 3.64. The van der Waals surface area contributed by atoms with Crippen molar-refractivity contribution in [2.75, 3.05) is 13.1 Å². The van der Waals surface area contributed by atoms with Crippen molar-refractivity contribution in [3.63, 3.8) is 0 Å². The Morgan fingerprint density at radius 2 is 1.95 bits per heavy atom. The molecule has 0 saturated heterocycles. The molecule has 0 aromatic carbocycles. The van der Waals surface area contributed by atoms with Gasteiger partial charge in [-0.2, -0.15) is 5.10 Å². The summed E-state index contributed by atoms with van der Waals surface area (Å²) in [4.78, 5) is 6.64. The highest BCUT2D eigenvalue weighted by Crippen LogP contribution is 2.25. The summed E-state index contributed by atoms with van der Waals surface area (Å²) in [5, 5.41) is 15.0. The van der Waals surface area contributed by atoms with Crippen LogP contribution in [-0.2, 0) is 13.0 Å². The fourth-order valence-electron chi connectivity index (χ4n) is 2.85.